The lowest BCUT2D eigenvalue weighted by Gasteiger charge is -2.02. The number of rotatable bonds is 4. The summed E-state index contributed by atoms with van der Waals surface area (Å²) in [7, 11) is 1.84. The highest BCUT2D eigenvalue weighted by atomic mass is 15.3. The van der Waals surface area contributed by atoms with Crippen molar-refractivity contribution in [3.05, 3.63) is 36.0 Å². The SMILES string of the molecule is Cn1cnc(CCNc2ccc(C#N)cn2)n1. The summed E-state index contributed by atoms with van der Waals surface area (Å²) in [5.74, 6) is 1.55. The summed E-state index contributed by atoms with van der Waals surface area (Å²) in [5.41, 5.74) is 0.557. The van der Waals surface area contributed by atoms with E-state index in [4.69, 9.17) is 5.26 Å². The number of anilines is 1. The summed E-state index contributed by atoms with van der Waals surface area (Å²) < 4.78 is 1.68. The van der Waals surface area contributed by atoms with Crippen molar-refractivity contribution in [2.75, 3.05) is 11.9 Å². The lowest BCUT2D eigenvalue weighted by atomic mass is 10.3. The predicted octanol–water partition coefficient (Wildman–Crippen LogP) is 0.736. The Morgan fingerprint density at radius 2 is 2.29 bits per heavy atom. The van der Waals surface area contributed by atoms with Crippen LogP contribution in [0.5, 0.6) is 0 Å². The topological polar surface area (TPSA) is 79.4 Å². The van der Waals surface area contributed by atoms with Crippen LogP contribution in [0.15, 0.2) is 24.7 Å². The molecule has 0 atom stereocenters. The zero-order valence-electron chi connectivity index (χ0n) is 9.46. The van der Waals surface area contributed by atoms with Crippen molar-refractivity contribution in [1.29, 1.82) is 5.26 Å². The third kappa shape index (κ3) is 3.01. The van der Waals surface area contributed by atoms with Crippen molar-refractivity contribution in [2.45, 2.75) is 6.42 Å². The number of nitriles is 1. The van der Waals surface area contributed by atoms with E-state index in [2.05, 4.69) is 20.4 Å². The average Bonchev–Trinajstić information content (AvgIpc) is 2.76. The van der Waals surface area contributed by atoms with Gasteiger partial charge in [0, 0.05) is 26.2 Å². The summed E-state index contributed by atoms with van der Waals surface area (Å²) in [4.78, 5) is 8.23. The summed E-state index contributed by atoms with van der Waals surface area (Å²) in [6.07, 6.45) is 3.96. The van der Waals surface area contributed by atoms with E-state index >= 15 is 0 Å². The largest absolute Gasteiger partial charge is 0.370 e. The minimum atomic E-state index is 0.557. The minimum absolute atomic E-state index is 0.557. The molecule has 0 aliphatic rings. The summed E-state index contributed by atoms with van der Waals surface area (Å²) in [6.45, 7) is 0.711. The van der Waals surface area contributed by atoms with Crippen LogP contribution in [0.1, 0.15) is 11.4 Å². The third-order valence-corrected chi connectivity index (χ3v) is 2.19. The Bertz CT molecular complexity index is 522. The van der Waals surface area contributed by atoms with Crippen LogP contribution in [0.25, 0.3) is 0 Å². The molecule has 6 heteroatoms. The minimum Gasteiger partial charge on any atom is -0.370 e. The average molecular weight is 228 g/mol. The van der Waals surface area contributed by atoms with Gasteiger partial charge in [0.2, 0.25) is 0 Å². The van der Waals surface area contributed by atoms with Gasteiger partial charge in [-0.2, -0.15) is 10.4 Å². The van der Waals surface area contributed by atoms with Crippen molar-refractivity contribution in [3.8, 4) is 6.07 Å². The molecular weight excluding hydrogens is 216 g/mol. The maximum Gasteiger partial charge on any atom is 0.152 e. The molecule has 0 aliphatic carbocycles. The van der Waals surface area contributed by atoms with E-state index in [1.165, 1.54) is 0 Å². The number of hydrogen-bond donors (Lipinski definition) is 1. The van der Waals surface area contributed by atoms with Crippen molar-refractivity contribution in [3.63, 3.8) is 0 Å². The molecule has 0 saturated carbocycles. The molecular formula is C11H12N6. The second-order valence-corrected chi connectivity index (χ2v) is 3.56. The quantitative estimate of drug-likeness (QED) is 0.834. The number of pyridine rings is 1. The standard InChI is InChI=1S/C11H12N6/c1-17-8-15-11(16-17)4-5-13-10-3-2-9(6-12)7-14-10/h2-3,7-8H,4-5H2,1H3,(H,13,14). The van der Waals surface area contributed by atoms with Gasteiger partial charge in [0.05, 0.1) is 5.56 Å². The van der Waals surface area contributed by atoms with Crippen LogP contribution in [-0.2, 0) is 13.5 Å². The van der Waals surface area contributed by atoms with Crippen LogP contribution in [-0.4, -0.2) is 26.3 Å². The molecule has 2 aromatic rings. The van der Waals surface area contributed by atoms with Crippen LogP contribution >= 0.6 is 0 Å². The zero-order chi connectivity index (χ0) is 12.1. The van der Waals surface area contributed by atoms with Gasteiger partial charge in [-0.25, -0.2) is 9.97 Å². The van der Waals surface area contributed by atoms with E-state index in [9.17, 15) is 0 Å². The number of hydrogen-bond acceptors (Lipinski definition) is 5. The van der Waals surface area contributed by atoms with Gasteiger partial charge < -0.3 is 5.32 Å². The molecule has 0 fully saturated rings. The lowest BCUT2D eigenvalue weighted by Crippen LogP contribution is -2.07. The first-order valence-corrected chi connectivity index (χ1v) is 5.22. The molecule has 2 heterocycles. The Labute approximate surface area is 98.9 Å². The molecule has 0 radical (unpaired) electrons. The van der Waals surface area contributed by atoms with E-state index in [0.717, 1.165) is 18.1 Å². The fourth-order valence-corrected chi connectivity index (χ4v) is 1.37. The van der Waals surface area contributed by atoms with Crippen molar-refractivity contribution in [2.24, 2.45) is 7.05 Å². The van der Waals surface area contributed by atoms with Crippen LogP contribution in [0, 0.1) is 11.3 Å². The van der Waals surface area contributed by atoms with E-state index < -0.39 is 0 Å². The number of aromatic nitrogens is 4. The molecule has 0 spiro atoms. The third-order valence-electron chi connectivity index (χ3n) is 2.19. The van der Waals surface area contributed by atoms with E-state index in [1.807, 2.05) is 13.1 Å². The van der Waals surface area contributed by atoms with E-state index in [1.54, 1.807) is 29.3 Å². The Kier molecular flexibility index (Phi) is 3.31. The molecule has 6 nitrogen and oxygen atoms in total. The first-order chi connectivity index (χ1) is 8.28. The van der Waals surface area contributed by atoms with Gasteiger partial charge in [0.25, 0.3) is 0 Å². The maximum absolute atomic E-state index is 8.63. The summed E-state index contributed by atoms with van der Waals surface area (Å²) >= 11 is 0. The Hall–Kier alpha value is -2.42. The molecule has 0 bridgehead atoms. The fraction of sp³-hybridized carbons (Fsp3) is 0.273. The van der Waals surface area contributed by atoms with Crippen molar-refractivity contribution < 1.29 is 0 Å². The Balaban J connectivity index is 1.84. The first-order valence-electron chi connectivity index (χ1n) is 5.22. The number of nitrogens with zero attached hydrogens (tertiary/aromatic N) is 5. The molecule has 0 aliphatic heterocycles. The van der Waals surface area contributed by atoms with Gasteiger partial charge in [0.1, 0.15) is 18.2 Å². The summed E-state index contributed by atoms with van der Waals surface area (Å²) in [6, 6.07) is 5.54. The molecule has 86 valence electrons. The highest BCUT2D eigenvalue weighted by Gasteiger charge is 1.99. The van der Waals surface area contributed by atoms with Crippen LogP contribution in [0.4, 0.5) is 5.82 Å². The van der Waals surface area contributed by atoms with Crippen molar-refractivity contribution >= 4 is 5.82 Å². The Morgan fingerprint density at radius 3 is 2.88 bits per heavy atom. The highest BCUT2D eigenvalue weighted by Crippen LogP contribution is 2.03. The van der Waals surface area contributed by atoms with Gasteiger partial charge in [-0.05, 0) is 12.1 Å². The normalized spacial score (nSPS) is 9.88. The fourth-order valence-electron chi connectivity index (χ4n) is 1.37. The maximum atomic E-state index is 8.63. The molecule has 17 heavy (non-hydrogen) atoms. The zero-order valence-corrected chi connectivity index (χ0v) is 9.46. The highest BCUT2D eigenvalue weighted by molar-refractivity contribution is 5.38. The summed E-state index contributed by atoms with van der Waals surface area (Å²) in [5, 5.41) is 15.9. The molecule has 0 saturated heterocycles. The monoisotopic (exact) mass is 228 g/mol. The molecule has 1 N–H and O–H groups in total. The molecule has 2 aromatic heterocycles. The van der Waals surface area contributed by atoms with Gasteiger partial charge in [0.15, 0.2) is 5.82 Å². The predicted molar refractivity (Wildman–Crippen MR) is 62.1 cm³/mol. The van der Waals surface area contributed by atoms with Crippen LogP contribution in [0.2, 0.25) is 0 Å². The van der Waals surface area contributed by atoms with Crippen LogP contribution in [0.3, 0.4) is 0 Å². The second kappa shape index (κ2) is 5.07. The van der Waals surface area contributed by atoms with Gasteiger partial charge in [-0.1, -0.05) is 0 Å². The number of aryl methyl sites for hydroxylation is 1. The Morgan fingerprint density at radius 1 is 1.41 bits per heavy atom. The van der Waals surface area contributed by atoms with Gasteiger partial charge in [-0.3, -0.25) is 4.68 Å². The van der Waals surface area contributed by atoms with Crippen LogP contribution < -0.4 is 5.32 Å². The van der Waals surface area contributed by atoms with Crippen molar-refractivity contribution in [1.82, 2.24) is 19.7 Å². The van der Waals surface area contributed by atoms with Gasteiger partial charge >= 0.3 is 0 Å². The second-order valence-electron chi connectivity index (χ2n) is 3.56. The van der Waals surface area contributed by atoms with E-state index in [0.29, 0.717) is 12.1 Å². The first kappa shape index (κ1) is 11.1. The van der Waals surface area contributed by atoms with E-state index in [-0.39, 0.29) is 0 Å². The smallest absolute Gasteiger partial charge is 0.152 e. The van der Waals surface area contributed by atoms with Gasteiger partial charge in [-0.15, -0.1) is 0 Å². The lowest BCUT2D eigenvalue weighted by molar-refractivity contribution is 0.742. The molecule has 2 rings (SSSR count). The number of nitrogens with one attached hydrogen (secondary N) is 1. The molecule has 0 unspecified atom stereocenters. The molecule has 0 amide bonds. The molecule has 0 aromatic carbocycles.